The van der Waals surface area contributed by atoms with Crippen molar-refractivity contribution in [1.29, 1.82) is 0 Å². The lowest BCUT2D eigenvalue weighted by Crippen LogP contribution is -2.31. The first-order valence-corrected chi connectivity index (χ1v) is 5.82. The van der Waals surface area contributed by atoms with E-state index in [0.717, 1.165) is 17.0 Å². The first-order chi connectivity index (χ1) is 7.44. The second-order valence-electron chi connectivity index (χ2n) is 4.38. The lowest BCUT2D eigenvalue weighted by molar-refractivity contribution is 0.0696. The van der Waals surface area contributed by atoms with Crippen LogP contribution in [0.3, 0.4) is 0 Å². The molecule has 16 heavy (non-hydrogen) atoms. The minimum Gasteiger partial charge on any atom is -0.476 e. The molecule has 1 aromatic heterocycles. The zero-order valence-corrected chi connectivity index (χ0v) is 10.2. The van der Waals surface area contributed by atoms with Crippen molar-refractivity contribution < 1.29 is 15.0 Å². The van der Waals surface area contributed by atoms with E-state index >= 15 is 0 Å². The Bertz CT molecular complexity index is 363. The maximum atomic E-state index is 10.6. The van der Waals surface area contributed by atoms with E-state index in [2.05, 4.69) is 10.3 Å². The van der Waals surface area contributed by atoms with Crippen LogP contribution in [0.25, 0.3) is 0 Å². The van der Waals surface area contributed by atoms with Gasteiger partial charge in [0, 0.05) is 30.5 Å². The van der Waals surface area contributed by atoms with Gasteiger partial charge in [-0.3, -0.25) is 0 Å². The van der Waals surface area contributed by atoms with Crippen molar-refractivity contribution in [2.24, 2.45) is 5.41 Å². The Kier molecular flexibility index (Phi) is 4.40. The van der Waals surface area contributed by atoms with E-state index in [9.17, 15) is 4.79 Å². The number of carbonyl (C=O) groups is 1. The highest BCUT2D eigenvalue weighted by Gasteiger charge is 2.16. The molecule has 0 saturated carbocycles. The lowest BCUT2D eigenvalue weighted by atomic mass is 9.95. The Hall–Kier alpha value is -0.980. The van der Waals surface area contributed by atoms with Gasteiger partial charge in [0.2, 0.25) is 5.01 Å². The number of hydrogen-bond donors (Lipinski definition) is 3. The lowest BCUT2D eigenvalue weighted by Gasteiger charge is -2.21. The number of thiazole rings is 1. The summed E-state index contributed by atoms with van der Waals surface area (Å²) in [4.78, 5) is 14.5. The van der Waals surface area contributed by atoms with Crippen molar-refractivity contribution in [1.82, 2.24) is 10.3 Å². The number of rotatable bonds is 6. The average molecular weight is 244 g/mol. The highest BCUT2D eigenvalue weighted by atomic mass is 32.1. The molecular formula is C10H16N2O3S. The number of aliphatic hydroxyl groups excluding tert-OH is 1. The molecule has 0 radical (unpaired) electrons. The minimum atomic E-state index is -0.994. The highest BCUT2D eigenvalue weighted by molar-refractivity contribution is 7.11. The molecule has 0 aliphatic rings. The van der Waals surface area contributed by atoms with E-state index in [0.29, 0.717) is 13.1 Å². The summed E-state index contributed by atoms with van der Waals surface area (Å²) in [5.74, 6) is -0.994. The molecule has 5 nitrogen and oxygen atoms in total. The second kappa shape index (κ2) is 5.38. The Balaban J connectivity index is 2.40. The summed E-state index contributed by atoms with van der Waals surface area (Å²) in [6.07, 6.45) is 0. The average Bonchev–Trinajstić information content (AvgIpc) is 2.66. The summed E-state index contributed by atoms with van der Waals surface area (Å²) >= 11 is 1.12. The van der Waals surface area contributed by atoms with Crippen molar-refractivity contribution in [2.75, 3.05) is 13.2 Å². The predicted octanol–water partition coefficient (Wildman–Crippen LogP) is 0.949. The van der Waals surface area contributed by atoms with Gasteiger partial charge in [-0.25, -0.2) is 9.78 Å². The van der Waals surface area contributed by atoms with Gasteiger partial charge in [-0.15, -0.1) is 11.3 Å². The number of aromatic carboxylic acids is 1. The second-order valence-corrected chi connectivity index (χ2v) is 5.23. The third-order valence-electron chi connectivity index (χ3n) is 2.07. The van der Waals surface area contributed by atoms with Crippen molar-refractivity contribution >= 4 is 17.3 Å². The Labute approximate surface area is 98.1 Å². The third kappa shape index (κ3) is 3.88. The molecule has 0 unspecified atom stereocenters. The molecule has 3 N–H and O–H groups in total. The van der Waals surface area contributed by atoms with Gasteiger partial charge in [0.05, 0.1) is 5.69 Å². The van der Waals surface area contributed by atoms with Crippen molar-refractivity contribution in [3.63, 3.8) is 0 Å². The number of nitrogens with zero attached hydrogens (tertiary/aromatic N) is 1. The topological polar surface area (TPSA) is 82.5 Å². The smallest absolute Gasteiger partial charge is 0.365 e. The van der Waals surface area contributed by atoms with E-state index in [1.165, 1.54) is 0 Å². The molecule has 0 spiro atoms. The molecule has 6 heteroatoms. The molecule has 1 aromatic rings. The zero-order valence-electron chi connectivity index (χ0n) is 9.36. The summed E-state index contributed by atoms with van der Waals surface area (Å²) in [6, 6.07) is 0. The molecule has 0 amide bonds. The third-order valence-corrected chi connectivity index (χ3v) is 2.95. The molecule has 0 atom stereocenters. The first kappa shape index (κ1) is 13.1. The van der Waals surface area contributed by atoms with E-state index in [-0.39, 0.29) is 17.0 Å². The van der Waals surface area contributed by atoms with Crippen LogP contribution in [0, 0.1) is 5.41 Å². The monoisotopic (exact) mass is 244 g/mol. The molecule has 0 aliphatic heterocycles. The van der Waals surface area contributed by atoms with E-state index in [1.54, 1.807) is 5.38 Å². The Morgan fingerprint density at radius 3 is 2.81 bits per heavy atom. The van der Waals surface area contributed by atoms with Gasteiger partial charge in [0.1, 0.15) is 0 Å². The van der Waals surface area contributed by atoms with Crippen LogP contribution >= 0.6 is 11.3 Å². The maximum absolute atomic E-state index is 10.6. The van der Waals surface area contributed by atoms with E-state index < -0.39 is 5.97 Å². The highest BCUT2D eigenvalue weighted by Crippen LogP contribution is 2.13. The fourth-order valence-electron chi connectivity index (χ4n) is 1.07. The minimum absolute atomic E-state index is 0.109. The predicted molar refractivity (Wildman–Crippen MR) is 61.6 cm³/mol. The largest absolute Gasteiger partial charge is 0.476 e. The van der Waals surface area contributed by atoms with Crippen LogP contribution in [0.4, 0.5) is 0 Å². The summed E-state index contributed by atoms with van der Waals surface area (Å²) in [5, 5.41) is 22.7. The Morgan fingerprint density at radius 2 is 2.31 bits per heavy atom. The van der Waals surface area contributed by atoms with Gasteiger partial charge in [-0.1, -0.05) is 13.8 Å². The van der Waals surface area contributed by atoms with Crippen molar-refractivity contribution in [2.45, 2.75) is 20.4 Å². The van der Waals surface area contributed by atoms with Crippen LogP contribution in [0.2, 0.25) is 0 Å². The van der Waals surface area contributed by atoms with Gasteiger partial charge in [-0.05, 0) is 0 Å². The number of carboxylic acids is 1. The SMILES string of the molecule is CC(C)(CO)CNCc1csc(C(=O)O)n1. The molecule has 0 bridgehead atoms. The summed E-state index contributed by atoms with van der Waals surface area (Å²) in [7, 11) is 0. The van der Waals surface area contributed by atoms with Crippen molar-refractivity contribution in [3.8, 4) is 0 Å². The van der Waals surface area contributed by atoms with Gasteiger partial charge in [0.15, 0.2) is 0 Å². The van der Waals surface area contributed by atoms with Crippen LogP contribution in [0.15, 0.2) is 5.38 Å². The molecular weight excluding hydrogens is 228 g/mol. The number of aliphatic hydroxyl groups is 1. The van der Waals surface area contributed by atoms with E-state index in [4.69, 9.17) is 10.2 Å². The molecule has 1 heterocycles. The van der Waals surface area contributed by atoms with Gasteiger partial charge < -0.3 is 15.5 Å². The maximum Gasteiger partial charge on any atom is 0.365 e. The normalized spacial score (nSPS) is 11.7. The number of nitrogens with one attached hydrogen (secondary N) is 1. The molecule has 1 rings (SSSR count). The van der Waals surface area contributed by atoms with Gasteiger partial charge >= 0.3 is 5.97 Å². The number of carboxylic acid groups (broad SMARTS) is 1. The van der Waals surface area contributed by atoms with Gasteiger partial charge in [-0.2, -0.15) is 0 Å². The molecule has 0 saturated heterocycles. The molecule has 0 aromatic carbocycles. The molecule has 0 fully saturated rings. The summed E-state index contributed by atoms with van der Waals surface area (Å²) < 4.78 is 0. The quantitative estimate of drug-likeness (QED) is 0.694. The van der Waals surface area contributed by atoms with Crippen LogP contribution in [-0.4, -0.2) is 34.3 Å². The van der Waals surface area contributed by atoms with Crippen LogP contribution in [-0.2, 0) is 6.54 Å². The Morgan fingerprint density at radius 1 is 1.62 bits per heavy atom. The summed E-state index contributed by atoms with van der Waals surface area (Å²) in [5.41, 5.74) is 0.544. The van der Waals surface area contributed by atoms with Gasteiger partial charge in [0.25, 0.3) is 0 Å². The van der Waals surface area contributed by atoms with Crippen LogP contribution in [0.1, 0.15) is 29.3 Å². The molecule has 90 valence electrons. The number of hydrogen-bond acceptors (Lipinski definition) is 5. The fraction of sp³-hybridized carbons (Fsp3) is 0.600. The molecule has 0 aliphatic carbocycles. The number of aromatic nitrogens is 1. The fourth-order valence-corrected chi connectivity index (χ4v) is 1.73. The van der Waals surface area contributed by atoms with Crippen molar-refractivity contribution in [3.05, 3.63) is 16.1 Å². The standard InChI is InChI=1S/C10H16N2O3S/c1-10(2,6-13)5-11-3-7-4-16-8(12-7)9(14)15/h4,11,13H,3,5-6H2,1-2H3,(H,14,15). The van der Waals surface area contributed by atoms with Crippen LogP contribution in [0.5, 0.6) is 0 Å². The van der Waals surface area contributed by atoms with Crippen LogP contribution < -0.4 is 5.32 Å². The first-order valence-electron chi connectivity index (χ1n) is 4.94. The summed E-state index contributed by atoms with van der Waals surface area (Å²) in [6.45, 7) is 5.18. The zero-order chi connectivity index (χ0) is 12.2. The van der Waals surface area contributed by atoms with E-state index in [1.807, 2.05) is 13.8 Å².